The Bertz CT molecular complexity index is 186. The molecule has 0 spiro atoms. The fourth-order valence-corrected chi connectivity index (χ4v) is 2.74. The summed E-state index contributed by atoms with van der Waals surface area (Å²) in [5.41, 5.74) is 6.23. The van der Waals surface area contributed by atoms with E-state index in [-0.39, 0.29) is 5.54 Å². The van der Waals surface area contributed by atoms with Crippen LogP contribution in [0.4, 0.5) is 0 Å². The van der Waals surface area contributed by atoms with Crippen molar-refractivity contribution in [1.29, 1.82) is 0 Å². The number of ether oxygens (including phenoxy) is 1. The highest BCUT2D eigenvalue weighted by atomic mass is 16.5. The molecule has 1 rings (SSSR count). The molecule has 3 nitrogen and oxygen atoms in total. The molecule has 0 aromatic carbocycles. The minimum Gasteiger partial charge on any atom is -0.385 e. The lowest BCUT2D eigenvalue weighted by atomic mass is 9.94. The predicted octanol–water partition coefficient (Wildman–Crippen LogP) is 1.47. The molecular formula is C12H26N2O. The third-order valence-electron chi connectivity index (χ3n) is 3.86. The van der Waals surface area contributed by atoms with Crippen molar-refractivity contribution in [3.8, 4) is 0 Å². The Kier molecular flexibility index (Phi) is 5.03. The topological polar surface area (TPSA) is 38.5 Å². The van der Waals surface area contributed by atoms with Crippen LogP contribution in [0.3, 0.4) is 0 Å². The lowest BCUT2D eigenvalue weighted by Crippen LogP contribution is -2.50. The van der Waals surface area contributed by atoms with Gasteiger partial charge < -0.3 is 10.5 Å². The average Bonchev–Trinajstić information content (AvgIpc) is 2.62. The maximum Gasteiger partial charge on any atom is 0.0474 e. The molecule has 1 fully saturated rings. The molecule has 0 radical (unpaired) electrons. The molecule has 0 bridgehead atoms. The van der Waals surface area contributed by atoms with Crippen molar-refractivity contribution < 1.29 is 4.74 Å². The highest BCUT2D eigenvalue weighted by Gasteiger charge is 2.39. The van der Waals surface area contributed by atoms with Crippen molar-refractivity contribution in [2.75, 3.05) is 33.9 Å². The zero-order chi connectivity index (χ0) is 11.3. The SMILES string of the molecule is COCCCN(C)C1(CN)CCC(C)C1. The first-order valence-electron chi connectivity index (χ1n) is 6.05. The van der Waals surface area contributed by atoms with Crippen LogP contribution >= 0.6 is 0 Å². The second-order valence-corrected chi connectivity index (χ2v) is 5.04. The molecule has 15 heavy (non-hydrogen) atoms. The molecule has 0 amide bonds. The van der Waals surface area contributed by atoms with Crippen molar-refractivity contribution in [3.63, 3.8) is 0 Å². The van der Waals surface area contributed by atoms with E-state index in [9.17, 15) is 0 Å². The summed E-state index contributed by atoms with van der Waals surface area (Å²) in [5.74, 6) is 0.832. The standard InChI is InChI=1S/C12H26N2O/c1-11-5-6-12(9-11,10-13)14(2)7-4-8-15-3/h11H,4-10,13H2,1-3H3. The Morgan fingerprint density at radius 2 is 2.27 bits per heavy atom. The van der Waals surface area contributed by atoms with Gasteiger partial charge in [0, 0.05) is 32.3 Å². The Morgan fingerprint density at radius 1 is 1.53 bits per heavy atom. The van der Waals surface area contributed by atoms with Crippen molar-refractivity contribution in [2.45, 2.75) is 38.1 Å². The summed E-state index contributed by atoms with van der Waals surface area (Å²) in [6.07, 6.45) is 4.94. The van der Waals surface area contributed by atoms with Crippen molar-refractivity contribution in [3.05, 3.63) is 0 Å². The number of likely N-dealkylation sites (N-methyl/N-ethyl adjacent to an activating group) is 1. The fraction of sp³-hybridized carbons (Fsp3) is 1.00. The van der Waals surface area contributed by atoms with Crippen LogP contribution in [0.1, 0.15) is 32.6 Å². The predicted molar refractivity (Wildman–Crippen MR) is 63.9 cm³/mol. The summed E-state index contributed by atoms with van der Waals surface area (Å²) in [7, 11) is 3.97. The summed E-state index contributed by atoms with van der Waals surface area (Å²) in [6.45, 7) is 5.07. The van der Waals surface area contributed by atoms with Gasteiger partial charge in [0.2, 0.25) is 0 Å². The number of nitrogens with two attached hydrogens (primary N) is 1. The van der Waals surface area contributed by atoms with Crippen LogP contribution in [0.25, 0.3) is 0 Å². The zero-order valence-electron chi connectivity index (χ0n) is 10.5. The molecule has 2 unspecified atom stereocenters. The Labute approximate surface area is 94.0 Å². The van der Waals surface area contributed by atoms with E-state index in [2.05, 4.69) is 18.9 Å². The zero-order valence-corrected chi connectivity index (χ0v) is 10.5. The van der Waals surface area contributed by atoms with Crippen LogP contribution in [0, 0.1) is 5.92 Å². The number of hydrogen-bond donors (Lipinski definition) is 1. The highest BCUT2D eigenvalue weighted by Crippen LogP contribution is 2.37. The molecule has 1 aliphatic rings. The van der Waals surface area contributed by atoms with E-state index in [1.807, 2.05) is 0 Å². The summed E-state index contributed by atoms with van der Waals surface area (Å²) < 4.78 is 5.08. The van der Waals surface area contributed by atoms with Gasteiger partial charge in [-0.1, -0.05) is 6.92 Å². The van der Waals surface area contributed by atoms with Crippen LogP contribution < -0.4 is 5.73 Å². The molecular weight excluding hydrogens is 188 g/mol. The van der Waals surface area contributed by atoms with Gasteiger partial charge in [0.25, 0.3) is 0 Å². The second-order valence-electron chi connectivity index (χ2n) is 5.04. The molecule has 2 N–H and O–H groups in total. The van der Waals surface area contributed by atoms with E-state index >= 15 is 0 Å². The number of hydrogen-bond acceptors (Lipinski definition) is 3. The first-order valence-corrected chi connectivity index (χ1v) is 6.05. The van der Waals surface area contributed by atoms with Crippen LogP contribution in [0.2, 0.25) is 0 Å². The maximum absolute atomic E-state index is 5.96. The van der Waals surface area contributed by atoms with Crippen molar-refractivity contribution in [2.24, 2.45) is 11.7 Å². The van der Waals surface area contributed by atoms with E-state index in [1.165, 1.54) is 19.3 Å². The first kappa shape index (κ1) is 12.9. The van der Waals surface area contributed by atoms with Gasteiger partial charge in [-0.2, -0.15) is 0 Å². The van der Waals surface area contributed by atoms with Crippen LogP contribution in [-0.2, 0) is 4.74 Å². The van der Waals surface area contributed by atoms with E-state index < -0.39 is 0 Å². The van der Waals surface area contributed by atoms with Gasteiger partial charge in [-0.25, -0.2) is 0 Å². The smallest absolute Gasteiger partial charge is 0.0474 e. The van der Waals surface area contributed by atoms with E-state index in [4.69, 9.17) is 10.5 Å². The second kappa shape index (κ2) is 5.83. The third-order valence-corrected chi connectivity index (χ3v) is 3.86. The van der Waals surface area contributed by atoms with Gasteiger partial charge in [-0.3, -0.25) is 4.90 Å². The largest absolute Gasteiger partial charge is 0.385 e. The minimum atomic E-state index is 0.271. The number of nitrogens with zero attached hydrogens (tertiary/aromatic N) is 1. The van der Waals surface area contributed by atoms with E-state index in [1.54, 1.807) is 7.11 Å². The van der Waals surface area contributed by atoms with E-state index in [0.717, 1.165) is 32.0 Å². The van der Waals surface area contributed by atoms with Crippen LogP contribution in [-0.4, -0.2) is 44.3 Å². The van der Waals surface area contributed by atoms with Gasteiger partial charge in [0.15, 0.2) is 0 Å². The molecule has 0 aliphatic heterocycles. The van der Waals surface area contributed by atoms with Crippen LogP contribution in [0.15, 0.2) is 0 Å². The molecule has 90 valence electrons. The molecule has 3 heteroatoms. The molecule has 0 saturated heterocycles. The highest BCUT2D eigenvalue weighted by molar-refractivity contribution is 4.96. The molecule has 1 saturated carbocycles. The molecule has 0 aromatic rings. The van der Waals surface area contributed by atoms with Crippen molar-refractivity contribution in [1.82, 2.24) is 4.90 Å². The Balaban J connectivity index is 2.43. The van der Waals surface area contributed by atoms with E-state index in [0.29, 0.717) is 0 Å². The quantitative estimate of drug-likeness (QED) is 0.681. The van der Waals surface area contributed by atoms with Gasteiger partial charge in [0.1, 0.15) is 0 Å². The van der Waals surface area contributed by atoms with Gasteiger partial charge in [0.05, 0.1) is 0 Å². The van der Waals surface area contributed by atoms with Gasteiger partial charge >= 0.3 is 0 Å². The molecule has 0 heterocycles. The summed E-state index contributed by atoms with van der Waals surface area (Å²) >= 11 is 0. The summed E-state index contributed by atoms with van der Waals surface area (Å²) in [6, 6.07) is 0. The fourth-order valence-electron chi connectivity index (χ4n) is 2.74. The van der Waals surface area contributed by atoms with Crippen molar-refractivity contribution >= 4 is 0 Å². The number of rotatable bonds is 6. The van der Waals surface area contributed by atoms with Crippen LogP contribution in [0.5, 0.6) is 0 Å². The molecule has 0 aromatic heterocycles. The minimum absolute atomic E-state index is 0.271. The normalized spacial score (nSPS) is 31.4. The number of methoxy groups -OCH3 is 1. The summed E-state index contributed by atoms with van der Waals surface area (Å²) in [5, 5.41) is 0. The Hall–Kier alpha value is -0.120. The average molecular weight is 214 g/mol. The van der Waals surface area contributed by atoms with Gasteiger partial charge in [-0.15, -0.1) is 0 Å². The molecule has 1 aliphatic carbocycles. The molecule has 2 atom stereocenters. The monoisotopic (exact) mass is 214 g/mol. The van der Waals surface area contributed by atoms with Gasteiger partial charge in [-0.05, 0) is 38.6 Å². The lowest BCUT2D eigenvalue weighted by Gasteiger charge is -2.38. The summed E-state index contributed by atoms with van der Waals surface area (Å²) in [4.78, 5) is 2.45. The maximum atomic E-state index is 5.96. The Morgan fingerprint density at radius 3 is 2.73 bits per heavy atom. The lowest BCUT2D eigenvalue weighted by molar-refractivity contribution is 0.108. The third kappa shape index (κ3) is 3.16. The first-order chi connectivity index (χ1) is 7.14.